The quantitative estimate of drug-likeness (QED) is 0.151. The van der Waals surface area contributed by atoms with E-state index in [9.17, 15) is 0 Å². The summed E-state index contributed by atoms with van der Waals surface area (Å²) in [6.07, 6.45) is 9.09. The molecule has 11 aromatic rings. The van der Waals surface area contributed by atoms with Crippen LogP contribution in [0.4, 0.5) is 28.4 Å². The van der Waals surface area contributed by atoms with E-state index < -0.39 is 5.41 Å². The molecule has 10 aromatic carbocycles. The predicted octanol–water partition coefficient (Wildman–Crippen LogP) is 17.0. The van der Waals surface area contributed by atoms with Gasteiger partial charge in [-0.05, 0) is 123 Å². The van der Waals surface area contributed by atoms with E-state index in [2.05, 4.69) is 287 Å². The van der Waals surface area contributed by atoms with E-state index in [0.717, 1.165) is 28.3 Å². The number of anilines is 5. The van der Waals surface area contributed by atoms with Crippen molar-refractivity contribution in [3.63, 3.8) is 0 Å². The first-order chi connectivity index (χ1) is 34.7. The maximum Gasteiger partial charge on any atom is 0.0713 e. The van der Waals surface area contributed by atoms with Crippen molar-refractivity contribution in [2.75, 3.05) is 9.80 Å². The molecule has 3 heteroatoms. The van der Waals surface area contributed by atoms with Gasteiger partial charge in [-0.3, -0.25) is 0 Å². The van der Waals surface area contributed by atoms with Gasteiger partial charge >= 0.3 is 0 Å². The minimum absolute atomic E-state index is 0.203. The number of rotatable bonds is 8. The van der Waals surface area contributed by atoms with E-state index in [0.29, 0.717) is 5.92 Å². The van der Waals surface area contributed by atoms with E-state index in [1.54, 1.807) is 0 Å². The average molecular weight is 894 g/mol. The zero-order valence-electron chi connectivity index (χ0n) is 38.5. The Balaban J connectivity index is 0.900. The van der Waals surface area contributed by atoms with Crippen LogP contribution in [0.1, 0.15) is 33.7 Å². The molecule has 70 heavy (non-hydrogen) atoms. The van der Waals surface area contributed by atoms with Gasteiger partial charge in [0, 0.05) is 50.8 Å². The molecule has 0 N–H and O–H groups in total. The van der Waals surface area contributed by atoms with E-state index >= 15 is 0 Å². The largest absolute Gasteiger partial charge is 0.333 e. The van der Waals surface area contributed by atoms with Gasteiger partial charge in [-0.25, -0.2) is 0 Å². The fourth-order valence-corrected chi connectivity index (χ4v) is 12.2. The fourth-order valence-electron chi connectivity index (χ4n) is 12.2. The Bertz CT molecular complexity index is 3760. The van der Waals surface area contributed by atoms with E-state index in [1.165, 1.54) is 77.7 Å². The average Bonchev–Trinajstić information content (AvgIpc) is 4.07. The molecule has 0 amide bonds. The van der Waals surface area contributed by atoms with Crippen molar-refractivity contribution in [3.05, 3.63) is 301 Å². The summed E-state index contributed by atoms with van der Waals surface area (Å²) >= 11 is 0. The summed E-state index contributed by atoms with van der Waals surface area (Å²) in [4.78, 5) is 4.95. The Morgan fingerprint density at radius 2 is 0.957 bits per heavy atom. The molecule has 2 atom stereocenters. The SMILES string of the molecule is C1=CC2c3ccccc3N(c3cccc(N(c4ccc(-c5cccc(-n6c7ccccc7c7ccccc76)c5)cc4)c4ccc(C5(c6ccccc6)c6ccccc6-c6ccccc65)cc4)c3)C2C=C1. The molecule has 3 nitrogen and oxygen atoms in total. The lowest BCUT2D eigenvalue weighted by Gasteiger charge is -2.34. The van der Waals surface area contributed by atoms with Gasteiger partial charge in [0.15, 0.2) is 0 Å². The monoisotopic (exact) mass is 893 g/mol. The van der Waals surface area contributed by atoms with Gasteiger partial charge in [-0.15, -0.1) is 0 Å². The Kier molecular flexibility index (Phi) is 9.25. The van der Waals surface area contributed by atoms with Crippen LogP contribution in [0.2, 0.25) is 0 Å². The third-order valence-electron chi connectivity index (χ3n) is 15.2. The van der Waals surface area contributed by atoms with Crippen molar-refractivity contribution in [1.82, 2.24) is 4.57 Å². The van der Waals surface area contributed by atoms with Crippen LogP contribution in [0.15, 0.2) is 273 Å². The maximum atomic E-state index is 2.52. The number of allylic oxidation sites excluding steroid dienone is 2. The molecule has 0 fully saturated rings. The van der Waals surface area contributed by atoms with Crippen LogP contribution in [-0.4, -0.2) is 10.6 Å². The minimum atomic E-state index is -0.477. The van der Waals surface area contributed by atoms with Crippen LogP contribution >= 0.6 is 0 Å². The molecule has 14 rings (SSSR count). The Morgan fingerprint density at radius 3 is 1.69 bits per heavy atom. The molecule has 0 spiro atoms. The molecule has 1 aliphatic heterocycles. The van der Waals surface area contributed by atoms with E-state index in [1.807, 2.05) is 0 Å². The molecule has 3 aliphatic rings. The minimum Gasteiger partial charge on any atom is -0.333 e. The molecule has 0 bridgehead atoms. The second kappa shape index (κ2) is 16.1. The highest BCUT2D eigenvalue weighted by atomic mass is 15.2. The number of hydrogen-bond acceptors (Lipinski definition) is 2. The van der Waals surface area contributed by atoms with E-state index in [-0.39, 0.29) is 6.04 Å². The van der Waals surface area contributed by atoms with Gasteiger partial charge in [-0.2, -0.15) is 0 Å². The van der Waals surface area contributed by atoms with Crippen LogP contribution in [0.5, 0.6) is 0 Å². The highest BCUT2D eigenvalue weighted by molar-refractivity contribution is 6.09. The normalized spacial score (nSPS) is 16.0. The topological polar surface area (TPSA) is 11.4 Å². The van der Waals surface area contributed by atoms with Gasteiger partial charge in [0.05, 0.1) is 22.5 Å². The summed E-state index contributed by atoms with van der Waals surface area (Å²) < 4.78 is 2.39. The molecule has 0 radical (unpaired) electrons. The van der Waals surface area contributed by atoms with Gasteiger partial charge in [0.2, 0.25) is 0 Å². The summed E-state index contributed by atoms with van der Waals surface area (Å²) in [6.45, 7) is 0. The van der Waals surface area contributed by atoms with Crippen LogP contribution < -0.4 is 9.80 Å². The zero-order valence-corrected chi connectivity index (χ0v) is 38.5. The van der Waals surface area contributed by atoms with Gasteiger partial charge in [0.25, 0.3) is 0 Å². The third-order valence-corrected chi connectivity index (χ3v) is 15.2. The van der Waals surface area contributed by atoms with Crippen molar-refractivity contribution < 1.29 is 0 Å². The number of aromatic nitrogens is 1. The lowest BCUT2D eigenvalue weighted by Crippen LogP contribution is -2.28. The summed E-state index contributed by atoms with van der Waals surface area (Å²) in [7, 11) is 0. The molecule has 2 heterocycles. The van der Waals surface area contributed by atoms with Crippen molar-refractivity contribution in [1.29, 1.82) is 0 Å². The van der Waals surface area contributed by atoms with Crippen molar-refractivity contribution in [3.8, 4) is 27.9 Å². The number of hydrogen-bond donors (Lipinski definition) is 0. The first-order valence-corrected chi connectivity index (χ1v) is 24.4. The van der Waals surface area contributed by atoms with Crippen LogP contribution in [0.25, 0.3) is 49.7 Å². The van der Waals surface area contributed by atoms with E-state index in [4.69, 9.17) is 0 Å². The molecule has 2 unspecified atom stereocenters. The number of fused-ring (bicyclic) bond motifs is 9. The highest BCUT2D eigenvalue weighted by Crippen LogP contribution is 2.56. The molecule has 2 aliphatic carbocycles. The standard InChI is InChI=1S/C67H47N3/c1-2-19-48(20-3-1)67(61-30-10-4-24-55(61)56-25-5-11-31-62(56)67)49-38-42-51(43-39-49)68(53-22-17-23-54(45-53)70-65-34-14-8-28-59(65)60-29-9-15-35-66(60)70)50-40-36-46(37-41-50)47-18-16-21-52(44-47)69-63-32-12-6-26-57(63)58-27-7-13-33-64(58)69/h1-45,59,65H. The number of benzene rings is 10. The lowest BCUT2D eigenvalue weighted by molar-refractivity contribution is 0.745. The second-order valence-electron chi connectivity index (χ2n) is 18.8. The van der Waals surface area contributed by atoms with Crippen molar-refractivity contribution in [2.45, 2.75) is 17.4 Å². The molecular weight excluding hydrogens is 847 g/mol. The zero-order chi connectivity index (χ0) is 46.2. The Labute approximate surface area is 408 Å². The summed E-state index contributed by atoms with van der Waals surface area (Å²) in [5.74, 6) is 0.303. The van der Waals surface area contributed by atoms with Crippen LogP contribution in [0.3, 0.4) is 0 Å². The Hall–Kier alpha value is -8.92. The molecule has 0 saturated heterocycles. The van der Waals surface area contributed by atoms with Gasteiger partial charge < -0.3 is 14.4 Å². The number of para-hydroxylation sites is 3. The first kappa shape index (κ1) is 40.2. The Morgan fingerprint density at radius 1 is 0.386 bits per heavy atom. The molecular formula is C67H47N3. The molecule has 0 saturated carbocycles. The molecule has 1 aromatic heterocycles. The summed E-state index contributed by atoms with van der Waals surface area (Å²) in [5, 5.41) is 2.53. The highest BCUT2D eigenvalue weighted by Gasteiger charge is 2.46. The van der Waals surface area contributed by atoms with Crippen molar-refractivity contribution >= 4 is 50.2 Å². The van der Waals surface area contributed by atoms with Gasteiger partial charge in [0.1, 0.15) is 0 Å². The van der Waals surface area contributed by atoms with Gasteiger partial charge in [-0.1, -0.05) is 200 Å². The van der Waals surface area contributed by atoms with Crippen molar-refractivity contribution in [2.24, 2.45) is 0 Å². The first-order valence-electron chi connectivity index (χ1n) is 24.4. The fraction of sp³-hybridized carbons (Fsp3) is 0.0448. The predicted molar refractivity (Wildman–Crippen MR) is 292 cm³/mol. The smallest absolute Gasteiger partial charge is 0.0713 e. The summed E-state index contributed by atoms with van der Waals surface area (Å²) in [5.41, 5.74) is 20.2. The third kappa shape index (κ3) is 6.08. The lowest BCUT2D eigenvalue weighted by atomic mass is 9.68. The molecule has 330 valence electrons. The van der Waals surface area contributed by atoms with Crippen LogP contribution in [0, 0.1) is 0 Å². The second-order valence-corrected chi connectivity index (χ2v) is 18.8. The number of nitrogens with zero attached hydrogens (tertiary/aromatic N) is 3. The summed E-state index contributed by atoms with van der Waals surface area (Å²) in [6, 6.07) is 92.1. The van der Waals surface area contributed by atoms with Crippen LogP contribution in [-0.2, 0) is 5.41 Å². The maximum absolute atomic E-state index is 2.52.